The molecule has 0 aliphatic carbocycles. The second-order valence-corrected chi connectivity index (χ2v) is 6.06. The number of rotatable bonds is 3. The molecule has 112 valence electrons. The van der Waals surface area contributed by atoms with Crippen molar-refractivity contribution in [3.8, 4) is 0 Å². The number of hydrogen-bond donors (Lipinski definition) is 1. The second-order valence-electron chi connectivity index (χ2n) is 6.06. The zero-order chi connectivity index (χ0) is 14.9. The number of likely N-dealkylation sites (N-methyl/N-ethyl adjacent to an activating group) is 1. The van der Waals surface area contributed by atoms with Gasteiger partial charge in [0.25, 0.3) is 0 Å². The Morgan fingerprint density at radius 3 is 2.40 bits per heavy atom. The fraction of sp³-hybridized carbons (Fsp3) is 0.769. The normalized spacial score (nSPS) is 19.0. The molecule has 0 radical (unpaired) electrons. The van der Waals surface area contributed by atoms with Crippen LogP contribution in [0.5, 0.6) is 0 Å². The summed E-state index contributed by atoms with van der Waals surface area (Å²) < 4.78 is 0. The molecule has 0 atom stereocenters. The van der Waals surface area contributed by atoms with Gasteiger partial charge < -0.3 is 15.1 Å². The summed E-state index contributed by atoms with van der Waals surface area (Å²) in [5.41, 5.74) is 0.114. The molecule has 2 heterocycles. The molecule has 1 aliphatic heterocycles. The van der Waals surface area contributed by atoms with Crippen LogP contribution in [0.15, 0.2) is 0 Å². The number of anilines is 3. The van der Waals surface area contributed by atoms with Crippen molar-refractivity contribution >= 4 is 17.8 Å². The highest BCUT2D eigenvalue weighted by atomic mass is 15.4. The number of aromatic nitrogens is 3. The molecule has 1 aliphatic rings. The molecule has 20 heavy (non-hydrogen) atoms. The van der Waals surface area contributed by atoms with Crippen molar-refractivity contribution in [1.82, 2.24) is 19.9 Å². The Morgan fingerprint density at radius 2 is 1.85 bits per heavy atom. The Kier molecular flexibility index (Phi) is 3.99. The van der Waals surface area contributed by atoms with E-state index in [4.69, 9.17) is 0 Å². The van der Waals surface area contributed by atoms with Gasteiger partial charge >= 0.3 is 0 Å². The highest BCUT2D eigenvalue weighted by molar-refractivity contribution is 5.45. The number of nitrogens with zero attached hydrogens (tertiary/aromatic N) is 6. The predicted octanol–water partition coefficient (Wildman–Crippen LogP) is 0.510. The Morgan fingerprint density at radius 1 is 1.15 bits per heavy atom. The summed E-state index contributed by atoms with van der Waals surface area (Å²) in [6, 6.07) is 0. The zero-order valence-electron chi connectivity index (χ0n) is 13.3. The van der Waals surface area contributed by atoms with Gasteiger partial charge in [-0.15, -0.1) is 0 Å². The van der Waals surface area contributed by atoms with Gasteiger partial charge in [-0.3, -0.25) is 4.90 Å². The van der Waals surface area contributed by atoms with Crippen molar-refractivity contribution in [2.45, 2.75) is 19.4 Å². The molecule has 0 aromatic carbocycles. The van der Waals surface area contributed by atoms with Crippen LogP contribution in [0.2, 0.25) is 0 Å². The molecule has 1 aromatic rings. The van der Waals surface area contributed by atoms with E-state index in [1.54, 1.807) is 0 Å². The molecule has 0 unspecified atom stereocenters. The summed E-state index contributed by atoms with van der Waals surface area (Å²) in [7, 11) is 7.86. The van der Waals surface area contributed by atoms with Gasteiger partial charge in [-0.1, -0.05) is 0 Å². The second kappa shape index (κ2) is 5.40. The van der Waals surface area contributed by atoms with E-state index in [9.17, 15) is 0 Å². The van der Waals surface area contributed by atoms with Crippen molar-refractivity contribution in [3.63, 3.8) is 0 Å². The molecule has 0 amide bonds. The van der Waals surface area contributed by atoms with Crippen molar-refractivity contribution in [1.29, 1.82) is 0 Å². The fourth-order valence-corrected chi connectivity index (χ4v) is 2.22. The predicted molar refractivity (Wildman–Crippen MR) is 82.6 cm³/mol. The van der Waals surface area contributed by atoms with Crippen molar-refractivity contribution in [2.75, 3.05) is 62.9 Å². The van der Waals surface area contributed by atoms with E-state index in [0.717, 1.165) is 25.6 Å². The van der Waals surface area contributed by atoms with Crippen LogP contribution in [0.3, 0.4) is 0 Å². The van der Waals surface area contributed by atoms with Crippen LogP contribution in [0.4, 0.5) is 17.8 Å². The van der Waals surface area contributed by atoms with Crippen molar-refractivity contribution in [2.24, 2.45) is 0 Å². The van der Waals surface area contributed by atoms with E-state index in [-0.39, 0.29) is 5.54 Å². The molecule has 0 spiro atoms. The summed E-state index contributed by atoms with van der Waals surface area (Å²) in [5.74, 6) is 2.03. The maximum absolute atomic E-state index is 4.57. The van der Waals surface area contributed by atoms with E-state index in [1.807, 2.05) is 26.0 Å². The number of piperazine rings is 1. The van der Waals surface area contributed by atoms with Crippen LogP contribution in [0.1, 0.15) is 13.8 Å². The Balaban J connectivity index is 2.30. The van der Waals surface area contributed by atoms with Gasteiger partial charge in [0.1, 0.15) is 0 Å². The van der Waals surface area contributed by atoms with Crippen LogP contribution in [-0.2, 0) is 0 Å². The lowest BCUT2D eigenvalue weighted by atomic mass is 10.0. The number of hydrogen-bond acceptors (Lipinski definition) is 7. The van der Waals surface area contributed by atoms with E-state index < -0.39 is 0 Å². The molecule has 1 saturated heterocycles. The van der Waals surface area contributed by atoms with Gasteiger partial charge in [-0.25, -0.2) is 0 Å². The van der Waals surface area contributed by atoms with E-state index >= 15 is 0 Å². The van der Waals surface area contributed by atoms with Gasteiger partial charge in [0.15, 0.2) is 0 Å². The first kappa shape index (κ1) is 14.8. The van der Waals surface area contributed by atoms with Crippen LogP contribution in [0.25, 0.3) is 0 Å². The monoisotopic (exact) mass is 279 g/mol. The molecule has 2 rings (SSSR count). The van der Waals surface area contributed by atoms with E-state index in [1.165, 1.54) is 0 Å². The van der Waals surface area contributed by atoms with Crippen LogP contribution in [-0.4, -0.2) is 73.2 Å². The van der Waals surface area contributed by atoms with Crippen molar-refractivity contribution in [3.05, 3.63) is 0 Å². The minimum atomic E-state index is 0.114. The first-order chi connectivity index (χ1) is 9.33. The van der Waals surface area contributed by atoms with Crippen LogP contribution < -0.4 is 15.1 Å². The lowest BCUT2D eigenvalue weighted by Crippen LogP contribution is -2.58. The van der Waals surface area contributed by atoms with Crippen LogP contribution >= 0.6 is 0 Å². The molecule has 7 nitrogen and oxygen atoms in total. The SMILES string of the molecule is CNc1nc(N(C)C)nc(N2CCN(C)C(C)(C)C2)n1. The first-order valence-electron chi connectivity index (χ1n) is 6.91. The molecule has 0 bridgehead atoms. The van der Waals surface area contributed by atoms with Gasteiger partial charge in [-0.05, 0) is 20.9 Å². The Hall–Kier alpha value is -1.63. The largest absolute Gasteiger partial charge is 0.357 e. The van der Waals surface area contributed by atoms with Gasteiger partial charge in [-0.2, -0.15) is 15.0 Å². The van der Waals surface area contributed by atoms with Crippen molar-refractivity contribution < 1.29 is 0 Å². The smallest absolute Gasteiger partial charge is 0.232 e. The summed E-state index contributed by atoms with van der Waals surface area (Å²) in [5, 5.41) is 3.01. The molecule has 1 N–H and O–H groups in total. The highest BCUT2D eigenvalue weighted by Gasteiger charge is 2.32. The molecule has 0 saturated carbocycles. The maximum atomic E-state index is 4.57. The average molecular weight is 279 g/mol. The van der Waals surface area contributed by atoms with E-state index in [2.05, 4.69) is 51.0 Å². The topological polar surface area (TPSA) is 60.4 Å². The first-order valence-corrected chi connectivity index (χ1v) is 6.91. The molecular formula is C13H25N7. The number of nitrogens with one attached hydrogen (secondary N) is 1. The molecule has 1 fully saturated rings. The quantitative estimate of drug-likeness (QED) is 0.865. The third-order valence-electron chi connectivity index (χ3n) is 3.83. The van der Waals surface area contributed by atoms with Crippen LogP contribution in [0, 0.1) is 0 Å². The summed E-state index contributed by atoms with van der Waals surface area (Å²) in [6.45, 7) is 7.33. The standard InChI is InChI=1S/C13H25N7/c1-13(2)9-20(8-7-19(13)6)12-16-10(14-3)15-11(17-12)18(4)5/h7-9H2,1-6H3,(H,14,15,16,17). The molecular weight excluding hydrogens is 254 g/mol. The molecule has 7 heteroatoms. The Labute approximate surface area is 121 Å². The third-order valence-corrected chi connectivity index (χ3v) is 3.83. The Bertz CT molecular complexity index is 472. The lowest BCUT2D eigenvalue weighted by molar-refractivity contribution is 0.138. The lowest BCUT2D eigenvalue weighted by Gasteiger charge is -2.45. The average Bonchev–Trinajstić information content (AvgIpc) is 2.41. The summed E-state index contributed by atoms with van der Waals surface area (Å²) in [6.07, 6.45) is 0. The maximum Gasteiger partial charge on any atom is 0.232 e. The van der Waals surface area contributed by atoms with Gasteiger partial charge in [0.05, 0.1) is 0 Å². The minimum absolute atomic E-state index is 0.114. The third kappa shape index (κ3) is 2.92. The summed E-state index contributed by atoms with van der Waals surface area (Å²) >= 11 is 0. The summed E-state index contributed by atoms with van der Waals surface area (Å²) in [4.78, 5) is 19.9. The minimum Gasteiger partial charge on any atom is -0.357 e. The van der Waals surface area contributed by atoms with Gasteiger partial charge in [0, 0.05) is 46.3 Å². The van der Waals surface area contributed by atoms with E-state index in [0.29, 0.717) is 11.9 Å². The zero-order valence-corrected chi connectivity index (χ0v) is 13.3. The fourth-order valence-electron chi connectivity index (χ4n) is 2.22. The molecule has 1 aromatic heterocycles. The highest BCUT2D eigenvalue weighted by Crippen LogP contribution is 2.23. The van der Waals surface area contributed by atoms with Gasteiger partial charge in [0.2, 0.25) is 17.8 Å².